The summed E-state index contributed by atoms with van der Waals surface area (Å²) in [4.78, 5) is 39.7. The molecule has 10 nitrogen and oxygen atoms in total. The van der Waals surface area contributed by atoms with Crippen molar-refractivity contribution < 1.29 is 23.5 Å². The first-order chi connectivity index (χ1) is 29.0. The Morgan fingerprint density at radius 2 is 1.53 bits per heavy atom. The summed E-state index contributed by atoms with van der Waals surface area (Å²) in [5.74, 6) is 1.01. The molecule has 0 saturated carbocycles. The first-order valence-corrected chi connectivity index (χ1v) is 22.5. The highest BCUT2D eigenvalue weighted by Gasteiger charge is 2.50. The molecule has 3 amide bonds. The number of benzene rings is 4. The number of carbonyl (C=O) groups is 2. The van der Waals surface area contributed by atoms with Gasteiger partial charge in [-0.05, 0) is 82.7 Å². The van der Waals surface area contributed by atoms with Crippen LogP contribution < -0.4 is 30.5 Å². The Labute approximate surface area is 353 Å². The van der Waals surface area contributed by atoms with E-state index in [0.29, 0.717) is 36.8 Å². The number of nitrogens with zero attached hydrogens (tertiary/aromatic N) is 3. The van der Waals surface area contributed by atoms with Crippen molar-refractivity contribution in [1.82, 2.24) is 25.5 Å². The Hall–Kier alpha value is -6.30. The van der Waals surface area contributed by atoms with Crippen molar-refractivity contribution in [3.8, 4) is 33.9 Å². The molecule has 0 aliphatic carbocycles. The maximum Gasteiger partial charge on any atom is 0.318 e. The number of hydrogen-bond donors (Lipinski definition) is 2. The van der Waals surface area contributed by atoms with Crippen molar-refractivity contribution in [3.05, 3.63) is 156 Å². The molecule has 4 heterocycles. The molecule has 60 heavy (non-hydrogen) atoms. The van der Waals surface area contributed by atoms with Crippen LogP contribution in [0.2, 0.25) is 5.04 Å². The number of carbonyl (C=O) groups excluding carboxylic acids is 2. The van der Waals surface area contributed by atoms with Crippen LogP contribution in [0.15, 0.2) is 134 Å². The molecule has 0 spiro atoms. The SMILES string of the molecule is CC(C)NC(=O)N1Cc2cc(C(=O)NCc3ccc4c(c3)OCO4)nc(-c3cccc(-c4cccnc4)c3)c2C1CCO[Si](c1ccccc1)(c1ccccc1)C(C)(C)C. The van der Waals surface area contributed by atoms with Gasteiger partial charge in [-0.1, -0.05) is 112 Å². The molecular weight excluding hydrogens is 767 g/mol. The molecule has 0 fully saturated rings. The fraction of sp³-hybridized carbons (Fsp3) is 0.265. The van der Waals surface area contributed by atoms with Crippen LogP contribution >= 0.6 is 0 Å². The molecule has 4 aromatic carbocycles. The van der Waals surface area contributed by atoms with Gasteiger partial charge in [-0.3, -0.25) is 9.78 Å². The molecule has 0 saturated heterocycles. The monoisotopic (exact) mass is 817 g/mol. The van der Waals surface area contributed by atoms with Gasteiger partial charge in [0.2, 0.25) is 6.79 Å². The van der Waals surface area contributed by atoms with Gasteiger partial charge in [0.05, 0.1) is 11.7 Å². The maximum absolute atomic E-state index is 14.2. The Morgan fingerprint density at radius 3 is 2.22 bits per heavy atom. The number of pyridine rings is 2. The average Bonchev–Trinajstić information content (AvgIpc) is 3.89. The van der Waals surface area contributed by atoms with E-state index in [2.05, 4.69) is 91.0 Å². The zero-order valence-electron chi connectivity index (χ0n) is 34.8. The molecule has 1 atom stereocenters. The predicted molar refractivity (Wildman–Crippen MR) is 237 cm³/mol. The van der Waals surface area contributed by atoms with Crippen molar-refractivity contribution in [3.63, 3.8) is 0 Å². The van der Waals surface area contributed by atoms with Crippen LogP contribution in [-0.4, -0.2) is 54.6 Å². The minimum atomic E-state index is -2.89. The van der Waals surface area contributed by atoms with Gasteiger partial charge in [-0.15, -0.1) is 0 Å². The number of urea groups is 1. The van der Waals surface area contributed by atoms with Crippen LogP contribution in [0, 0.1) is 0 Å². The third-order valence-electron chi connectivity index (χ3n) is 11.2. The Kier molecular flexibility index (Phi) is 11.5. The molecule has 2 aliphatic rings. The molecular formula is C49H51N5O5Si. The van der Waals surface area contributed by atoms with Gasteiger partial charge < -0.3 is 29.4 Å². The molecule has 306 valence electrons. The summed E-state index contributed by atoms with van der Waals surface area (Å²) in [5.41, 5.74) is 6.34. The van der Waals surface area contributed by atoms with E-state index in [1.165, 1.54) is 10.4 Å². The highest BCUT2D eigenvalue weighted by molar-refractivity contribution is 6.99. The molecule has 2 aromatic heterocycles. The van der Waals surface area contributed by atoms with Crippen LogP contribution in [0.5, 0.6) is 11.5 Å². The molecule has 2 N–H and O–H groups in total. The van der Waals surface area contributed by atoms with Crippen LogP contribution in [-0.2, 0) is 17.5 Å². The topological polar surface area (TPSA) is 115 Å². The van der Waals surface area contributed by atoms with E-state index in [0.717, 1.165) is 33.4 Å². The van der Waals surface area contributed by atoms with Gasteiger partial charge >= 0.3 is 6.03 Å². The Bertz CT molecular complexity index is 2440. The fourth-order valence-corrected chi connectivity index (χ4v) is 13.1. The third kappa shape index (κ3) is 8.15. The van der Waals surface area contributed by atoms with Gasteiger partial charge in [-0.2, -0.15) is 0 Å². The molecule has 8 rings (SSSR count). The summed E-state index contributed by atoms with van der Waals surface area (Å²) < 4.78 is 18.4. The number of nitrogens with one attached hydrogen (secondary N) is 2. The van der Waals surface area contributed by atoms with E-state index < -0.39 is 14.4 Å². The minimum Gasteiger partial charge on any atom is -0.454 e. The summed E-state index contributed by atoms with van der Waals surface area (Å²) in [7, 11) is -2.89. The molecule has 1 unspecified atom stereocenters. The third-order valence-corrected chi connectivity index (χ3v) is 16.3. The number of hydrogen-bond acceptors (Lipinski definition) is 7. The zero-order valence-corrected chi connectivity index (χ0v) is 35.8. The van der Waals surface area contributed by atoms with Crippen molar-refractivity contribution in [1.29, 1.82) is 0 Å². The summed E-state index contributed by atoms with van der Waals surface area (Å²) in [6, 6.07) is 40.1. The smallest absolute Gasteiger partial charge is 0.318 e. The van der Waals surface area contributed by atoms with Gasteiger partial charge in [0, 0.05) is 54.8 Å². The lowest BCUT2D eigenvalue weighted by Gasteiger charge is -2.43. The minimum absolute atomic E-state index is 0.0819. The summed E-state index contributed by atoms with van der Waals surface area (Å²) in [5, 5.41) is 8.37. The molecule has 6 aromatic rings. The molecule has 11 heteroatoms. The van der Waals surface area contributed by atoms with Crippen LogP contribution in [0.4, 0.5) is 4.79 Å². The Balaban J connectivity index is 1.20. The van der Waals surface area contributed by atoms with Crippen molar-refractivity contribution in [2.45, 2.75) is 71.3 Å². The fourth-order valence-electron chi connectivity index (χ4n) is 8.53. The van der Waals surface area contributed by atoms with Gasteiger partial charge in [-0.25, -0.2) is 9.78 Å². The van der Waals surface area contributed by atoms with Crippen LogP contribution in [0.1, 0.15) is 74.3 Å². The summed E-state index contributed by atoms with van der Waals surface area (Å²) in [6.45, 7) is 11.9. The average molecular weight is 818 g/mol. The zero-order chi connectivity index (χ0) is 41.9. The molecule has 0 radical (unpaired) electrons. The standard InChI is InChI=1S/C49H51N5O5Si/c1-33(2)52-48(56)54-31-38-28-41(47(55)51-29-34-21-22-43-44(26-34)58-32-57-43)53-46(36-15-12-14-35(27-36)37-16-13-24-50-30-37)45(38)42(54)23-25-59-60(49(3,4)5,39-17-8-6-9-18-39)40-19-10-7-11-20-40/h6-22,24,26-28,30,33,42H,23,25,29,31-32H2,1-5H3,(H,51,55)(H,52,56). The predicted octanol–water partition coefficient (Wildman–Crippen LogP) is 8.41. The van der Waals surface area contributed by atoms with Crippen LogP contribution in [0.25, 0.3) is 22.4 Å². The largest absolute Gasteiger partial charge is 0.454 e. The van der Waals surface area contributed by atoms with E-state index in [4.69, 9.17) is 18.9 Å². The second-order valence-electron chi connectivity index (χ2n) is 16.7. The lowest BCUT2D eigenvalue weighted by atomic mass is 9.94. The van der Waals surface area contributed by atoms with E-state index >= 15 is 0 Å². The van der Waals surface area contributed by atoms with E-state index in [-0.39, 0.29) is 42.1 Å². The highest BCUT2D eigenvalue weighted by atomic mass is 28.4. The van der Waals surface area contributed by atoms with Crippen LogP contribution in [0.3, 0.4) is 0 Å². The number of ether oxygens (including phenoxy) is 2. The van der Waals surface area contributed by atoms with Crippen molar-refractivity contribution in [2.24, 2.45) is 0 Å². The first-order valence-electron chi connectivity index (χ1n) is 20.6. The normalized spacial score (nSPS) is 14.6. The number of amides is 3. The van der Waals surface area contributed by atoms with Gasteiger partial charge in [0.25, 0.3) is 14.2 Å². The van der Waals surface area contributed by atoms with Gasteiger partial charge in [0.15, 0.2) is 11.5 Å². The summed E-state index contributed by atoms with van der Waals surface area (Å²) in [6.07, 6.45) is 4.10. The van der Waals surface area contributed by atoms with E-state index in [9.17, 15) is 9.59 Å². The van der Waals surface area contributed by atoms with E-state index in [1.807, 2.05) is 91.7 Å². The molecule has 2 aliphatic heterocycles. The second kappa shape index (κ2) is 17.1. The molecule has 0 bridgehead atoms. The number of rotatable bonds is 12. The lowest BCUT2D eigenvalue weighted by molar-refractivity contribution is 0.0945. The van der Waals surface area contributed by atoms with Gasteiger partial charge in [0.1, 0.15) is 5.69 Å². The van der Waals surface area contributed by atoms with Crippen molar-refractivity contribution >= 4 is 30.6 Å². The number of aromatic nitrogens is 2. The number of fused-ring (bicyclic) bond motifs is 2. The highest BCUT2D eigenvalue weighted by Crippen LogP contribution is 2.44. The quantitative estimate of drug-likeness (QED) is 0.119. The maximum atomic E-state index is 14.2. The lowest BCUT2D eigenvalue weighted by Crippen LogP contribution is -2.66. The van der Waals surface area contributed by atoms with Crippen molar-refractivity contribution in [2.75, 3.05) is 13.4 Å². The first kappa shape index (κ1) is 40.5. The Morgan fingerprint density at radius 1 is 0.833 bits per heavy atom. The van der Waals surface area contributed by atoms with E-state index in [1.54, 1.807) is 6.20 Å². The summed E-state index contributed by atoms with van der Waals surface area (Å²) >= 11 is 0. The second-order valence-corrected chi connectivity index (χ2v) is 21.0.